The van der Waals surface area contributed by atoms with E-state index >= 15 is 0 Å². The summed E-state index contributed by atoms with van der Waals surface area (Å²) in [5.41, 5.74) is 1.68. The van der Waals surface area contributed by atoms with Crippen molar-refractivity contribution in [1.29, 1.82) is 0 Å². The van der Waals surface area contributed by atoms with Gasteiger partial charge in [0, 0.05) is 39.4 Å². The second-order valence-corrected chi connectivity index (χ2v) is 7.80. The standard InChI is InChI=1S/C21H31N3O4/c1-16(25)22-18-8-6-17(7-9-18)13-24-11-12-28-21(15-24)10-4-3-5-19(21)23-20(26)14-27-2/h6-9,19H,3-5,10-15H2,1-2H3,(H,22,25)(H,23,26)/t19-,21-/m1/s1. The van der Waals surface area contributed by atoms with Crippen LogP contribution in [0.15, 0.2) is 24.3 Å². The fourth-order valence-electron chi connectivity index (χ4n) is 4.31. The predicted octanol–water partition coefficient (Wildman–Crippen LogP) is 1.92. The number of nitrogens with one attached hydrogen (secondary N) is 2. The molecule has 1 heterocycles. The lowest BCUT2D eigenvalue weighted by molar-refractivity contribution is -0.152. The summed E-state index contributed by atoms with van der Waals surface area (Å²) in [7, 11) is 1.53. The van der Waals surface area contributed by atoms with Gasteiger partial charge in [-0.3, -0.25) is 14.5 Å². The minimum atomic E-state index is -0.323. The van der Waals surface area contributed by atoms with Crippen molar-refractivity contribution < 1.29 is 19.1 Å². The van der Waals surface area contributed by atoms with E-state index < -0.39 is 0 Å². The topological polar surface area (TPSA) is 79.9 Å². The number of benzene rings is 1. The fourth-order valence-corrected chi connectivity index (χ4v) is 4.31. The molecule has 1 aromatic rings. The Morgan fingerprint density at radius 1 is 1.29 bits per heavy atom. The molecule has 7 nitrogen and oxygen atoms in total. The molecule has 3 rings (SSSR count). The van der Waals surface area contributed by atoms with Crippen LogP contribution in [0.3, 0.4) is 0 Å². The second-order valence-electron chi connectivity index (χ2n) is 7.80. The number of ether oxygens (including phenoxy) is 2. The summed E-state index contributed by atoms with van der Waals surface area (Å²) in [6, 6.07) is 7.98. The Labute approximate surface area is 166 Å². The average molecular weight is 389 g/mol. The van der Waals surface area contributed by atoms with Crippen molar-refractivity contribution >= 4 is 17.5 Å². The molecule has 2 amide bonds. The van der Waals surface area contributed by atoms with Gasteiger partial charge in [-0.1, -0.05) is 25.0 Å². The lowest BCUT2D eigenvalue weighted by atomic mass is 9.78. The minimum Gasteiger partial charge on any atom is -0.375 e. The van der Waals surface area contributed by atoms with Gasteiger partial charge in [-0.05, 0) is 30.5 Å². The highest BCUT2D eigenvalue weighted by Gasteiger charge is 2.45. The number of hydrogen-bond donors (Lipinski definition) is 2. The van der Waals surface area contributed by atoms with E-state index in [9.17, 15) is 9.59 Å². The maximum absolute atomic E-state index is 12.1. The number of rotatable bonds is 6. The lowest BCUT2D eigenvalue weighted by Gasteiger charge is -2.49. The molecule has 0 unspecified atom stereocenters. The molecule has 0 bridgehead atoms. The monoisotopic (exact) mass is 389 g/mol. The Morgan fingerprint density at radius 2 is 2.07 bits per heavy atom. The first-order valence-electron chi connectivity index (χ1n) is 10.0. The van der Waals surface area contributed by atoms with E-state index in [1.165, 1.54) is 19.6 Å². The largest absolute Gasteiger partial charge is 0.375 e. The molecule has 1 aromatic carbocycles. The molecule has 7 heteroatoms. The highest BCUT2D eigenvalue weighted by atomic mass is 16.5. The Kier molecular flexibility index (Phi) is 7.04. The van der Waals surface area contributed by atoms with Gasteiger partial charge in [0.25, 0.3) is 0 Å². The van der Waals surface area contributed by atoms with E-state index in [2.05, 4.69) is 15.5 Å². The number of anilines is 1. The number of amides is 2. The molecule has 1 aliphatic heterocycles. The zero-order valence-corrected chi connectivity index (χ0v) is 16.8. The van der Waals surface area contributed by atoms with Crippen LogP contribution in [0.2, 0.25) is 0 Å². The third-order valence-corrected chi connectivity index (χ3v) is 5.56. The van der Waals surface area contributed by atoms with Gasteiger partial charge in [0.1, 0.15) is 12.2 Å². The van der Waals surface area contributed by atoms with Gasteiger partial charge in [0.15, 0.2) is 0 Å². The molecule has 2 atom stereocenters. The maximum atomic E-state index is 12.1. The van der Waals surface area contributed by atoms with Crippen molar-refractivity contribution in [2.45, 2.75) is 50.8 Å². The molecule has 2 aliphatic rings. The number of hydrogen-bond acceptors (Lipinski definition) is 5. The summed E-state index contributed by atoms with van der Waals surface area (Å²) in [5.74, 6) is -0.148. The summed E-state index contributed by atoms with van der Waals surface area (Å²) in [6.07, 6.45) is 4.13. The first-order valence-corrected chi connectivity index (χ1v) is 10.0. The summed E-state index contributed by atoms with van der Waals surface area (Å²) >= 11 is 0. The van der Waals surface area contributed by atoms with Crippen molar-refractivity contribution in [3.8, 4) is 0 Å². The van der Waals surface area contributed by atoms with Gasteiger partial charge in [0.05, 0.1) is 12.6 Å². The summed E-state index contributed by atoms with van der Waals surface area (Å²) < 4.78 is 11.2. The van der Waals surface area contributed by atoms with Crippen molar-refractivity contribution in [1.82, 2.24) is 10.2 Å². The average Bonchev–Trinajstić information content (AvgIpc) is 2.65. The van der Waals surface area contributed by atoms with Gasteiger partial charge in [-0.2, -0.15) is 0 Å². The Hall–Kier alpha value is -1.96. The zero-order valence-electron chi connectivity index (χ0n) is 16.8. The van der Waals surface area contributed by atoms with Gasteiger partial charge < -0.3 is 20.1 Å². The zero-order chi connectivity index (χ0) is 20.0. The highest BCUT2D eigenvalue weighted by Crippen LogP contribution is 2.35. The van der Waals surface area contributed by atoms with E-state index in [0.717, 1.165) is 51.0 Å². The number of carbonyl (C=O) groups excluding carboxylic acids is 2. The predicted molar refractivity (Wildman–Crippen MR) is 107 cm³/mol. The smallest absolute Gasteiger partial charge is 0.246 e. The Morgan fingerprint density at radius 3 is 2.79 bits per heavy atom. The van der Waals surface area contributed by atoms with Crippen LogP contribution in [-0.4, -0.2) is 61.8 Å². The van der Waals surface area contributed by atoms with Crippen LogP contribution >= 0.6 is 0 Å². The molecule has 1 saturated heterocycles. The Balaban J connectivity index is 1.64. The van der Waals surface area contributed by atoms with E-state index in [4.69, 9.17) is 9.47 Å². The molecule has 2 fully saturated rings. The van der Waals surface area contributed by atoms with Gasteiger partial charge in [-0.25, -0.2) is 0 Å². The lowest BCUT2D eigenvalue weighted by Crippen LogP contribution is -2.64. The molecule has 1 aliphatic carbocycles. The molecular weight excluding hydrogens is 358 g/mol. The van der Waals surface area contributed by atoms with Crippen LogP contribution in [0.1, 0.15) is 38.2 Å². The summed E-state index contributed by atoms with van der Waals surface area (Å²) in [4.78, 5) is 25.6. The number of methoxy groups -OCH3 is 1. The summed E-state index contributed by atoms with van der Waals surface area (Å²) in [5, 5.41) is 5.93. The van der Waals surface area contributed by atoms with E-state index in [0.29, 0.717) is 6.61 Å². The summed E-state index contributed by atoms with van der Waals surface area (Å²) in [6.45, 7) is 4.75. The number of carbonyl (C=O) groups is 2. The number of nitrogens with zero attached hydrogens (tertiary/aromatic N) is 1. The number of morpholine rings is 1. The third kappa shape index (κ3) is 5.31. The van der Waals surface area contributed by atoms with Crippen LogP contribution in [0.25, 0.3) is 0 Å². The normalized spacial score (nSPS) is 25.4. The van der Waals surface area contributed by atoms with E-state index in [-0.39, 0.29) is 30.1 Å². The molecule has 1 spiro atoms. The van der Waals surface area contributed by atoms with Gasteiger partial charge in [-0.15, -0.1) is 0 Å². The van der Waals surface area contributed by atoms with Crippen LogP contribution in [-0.2, 0) is 25.6 Å². The molecule has 1 saturated carbocycles. The molecule has 2 N–H and O–H groups in total. The van der Waals surface area contributed by atoms with Crippen LogP contribution in [0, 0.1) is 0 Å². The van der Waals surface area contributed by atoms with E-state index in [1.54, 1.807) is 0 Å². The SMILES string of the molecule is COCC(=O)N[C@@H]1CCCC[C@@]12CN(Cc1ccc(NC(C)=O)cc1)CCO2. The van der Waals surface area contributed by atoms with Crippen molar-refractivity contribution in [2.24, 2.45) is 0 Å². The van der Waals surface area contributed by atoms with Crippen molar-refractivity contribution in [2.75, 3.05) is 38.7 Å². The molecule has 0 aromatic heterocycles. The van der Waals surface area contributed by atoms with Crippen LogP contribution < -0.4 is 10.6 Å². The maximum Gasteiger partial charge on any atom is 0.246 e. The van der Waals surface area contributed by atoms with Crippen molar-refractivity contribution in [3.63, 3.8) is 0 Å². The molecular formula is C21H31N3O4. The van der Waals surface area contributed by atoms with E-state index in [1.807, 2.05) is 24.3 Å². The van der Waals surface area contributed by atoms with Gasteiger partial charge in [0.2, 0.25) is 11.8 Å². The Bertz CT molecular complexity index is 675. The first-order chi connectivity index (χ1) is 13.5. The van der Waals surface area contributed by atoms with Gasteiger partial charge >= 0.3 is 0 Å². The van der Waals surface area contributed by atoms with Crippen LogP contribution in [0.5, 0.6) is 0 Å². The van der Waals surface area contributed by atoms with Crippen LogP contribution in [0.4, 0.5) is 5.69 Å². The van der Waals surface area contributed by atoms with Crippen molar-refractivity contribution in [3.05, 3.63) is 29.8 Å². The third-order valence-electron chi connectivity index (χ3n) is 5.56. The first kappa shape index (κ1) is 20.8. The quantitative estimate of drug-likeness (QED) is 0.777. The minimum absolute atomic E-state index is 0.0221. The second kappa shape index (κ2) is 9.49. The molecule has 154 valence electrons. The molecule has 28 heavy (non-hydrogen) atoms. The highest BCUT2D eigenvalue weighted by molar-refractivity contribution is 5.88. The fraction of sp³-hybridized carbons (Fsp3) is 0.619. The molecule has 0 radical (unpaired) electrons.